The first-order valence-electron chi connectivity index (χ1n) is 12.8. The van der Waals surface area contributed by atoms with Crippen LogP contribution in [-0.2, 0) is 25.6 Å². The van der Waals surface area contributed by atoms with E-state index in [-0.39, 0.29) is 29.4 Å². The summed E-state index contributed by atoms with van der Waals surface area (Å²) in [6.07, 6.45) is 2.96. The predicted octanol–water partition coefficient (Wildman–Crippen LogP) is 4.87. The van der Waals surface area contributed by atoms with Crippen LogP contribution < -0.4 is 4.90 Å². The molecule has 39 heavy (non-hydrogen) atoms. The standard InChI is InChI=1S/C29H25BrCl2N2O5/c1-2-15-3-7-17(8-4-15)34-24(36)20-12-11-19-21(22(20)25(34)37)13-28(31)26(38)33(14-30)27(39)29(28,32)23(19)16-5-9-18(35)10-6-16/h3-11,20-23,35H,2,12-14H2,1H3. The number of benzene rings is 2. The highest BCUT2D eigenvalue weighted by Gasteiger charge is 2.76. The summed E-state index contributed by atoms with van der Waals surface area (Å²) in [5, 5.41) is 9.92. The largest absolute Gasteiger partial charge is 0.508 e. The van der Waals surface area contributed by atoms with E-state index in [0.717, 1.165) is 22.5 Å². The Kier molecular flexibility index (Phi) is 6.25. The Balaban J connectivity index is 1.49. The summed E-state index contributed by atoms with van der Waals surface area (Å²) >= 11 is 17.6. The van der Waals surface area contributed by atoms with E-state index >= 15 is 0 Å². The van der Waals surface area contributed by atoms with E-state index < -0.39 is 45.2 Å². The number of halogens is 3. The molecule has 7 nitrogen and oxygen atoms in total. The molecule has 4 aliphatic rings. The van der Waals surface area contributed by atoms with E-state index in [9.17, 15) is 24.3 Å². The molecule has 6 unspecified atom stereocenters. The van der Waals surface area contributed by atoms with Gasteiger partial charge in [-0.25, -0.2) is 0 Å². The van der Waals surface area contributed by atoms with Crippen molar-refractivity contribution < 1.29 is 24.3 Å². The normalized spacial score (nSPS) is 33.7. The number of amides is 4. The fraction of sp³-hybridized carbons (Fsp3) is 0.379. The predicted molar refractivity (Wildman–Crippen MR) is 150 cm³/mol. The summed E-state index contributed by atoms with van der Waals surface area (Å²) in [5.74, 6) is -4.64. The van der Waals surface area contributed by atoms with Crippen molar-refractivity contribution in [1.29, 1.82) is 0 Å². The van der Waals surface area contributed by atoms with Crippen LogP contribution in [0, 0.1) is 17.8 Å². The number of alkyl halides is 3. The molecule has 3 fully saturated rings. The number of hydrogen-bond acceptors (Lipinski definition) is 5. The Morgan fingerprint density at radius 1 is 0.949 bits per heavy atom. The summed E-state index contributed by atoms with van der Waals surface area (Å²) in [7, 11) is 0. The van der Waals surface area contributed by atoms with E-state index in [1.807, 2.05) is 25.1 Å². The smallest absolute Gasteiger partial charge is 0.254 e. The van der Waals surface area contributed by atoms with Crippen molar-refractivity contribution in [3.05, 3.63) is 71.3 Å². The number of likely N-dealkylation sites (tertiary alicyclic amines) is 1. The number of anilines is 1. The lowest BCUT2D eigenvalue weighted by Gasteiger charge is -2.50. The molecule has 0 spiro atoms. The van der Waals surface area contributed by atoms with Crippen LogP contribution in [0.15, 0.2) is 60.2 Å². The second-order valence-corrected chi connectivity index (χ2v) is 12.4. The van der Waals surface area contributed by atoms with Gasteiger partial charge in [0.15, 0.2) is 9.75 Å². The summed E-state index contributed by atoms with van der Waals surface area (Å²) in [5.41, 5.74) is 2.82. The molecule has 0 radical (unpaired) electrons. The number of nitrogens with zero attached hydrogens (tertiary/aromatic N) is 2. The highest BCUT2D eigenvalue weighted by atomic mass is 79.9. The third-order valence-electron chi connectivity index (χ3n) is 8.84. The van der Waals surface area contributed by atoms with Gasteiger partial charge in [0.2, 0.25) is 11.8 Å². The van der Waals surface area contributed by atoms with Crippen molar-refractivity contribution >= 4 is 68.4 Å². The molecule has 1 saturated carbocycles. The van der Waals surface area contributed by atoms with Gasteiger partial charge in [0.25, 0.3) is 11.8 Å². The monoisotopic (exact) mass is 630 g/mol. The number of phenols is 1. The molecule has 2 heterocycles. The third kappa shape index (κ3) is 3.47. The second kappa shape index (κ2) is 9.18. The zero-order valence-electron chi connectivity index (χ0n) is 20.9. The van der Waals surface area contributed by atoms with Gasteiger partial charge in [-0.15, -0.1) is 23.2 Å². The maximum Gasteiger partial charge on any atom is 0.254 e. The van der Waals surface area contributed by atoms with Crippen LogP contribution >= 0.6 is 39.1 Å². The van der Waals surface area contributed by atoms with Crippen LogP contribution in [0.3, 0.4) is 0 Å². The van der Waals surface area contributed by atoms with Gasteiger partial charge in [-0.3, -0.25) is 29.0 Å². The van der Waals surface area contributed by atoms with Gasteiger partial charge >= 0.3 is 0 Å². The lowest BCUT2D eigenvalue weighted by molar-refractivity contribution is -0.138. The van der Waals surface area contributed by atoms with Crippen LogP contribution in [0.2, 0.25) is 0 Å². The number of hydrogen-bond donors (Lipinski definition) is 1. The fourth-order valence-electron chi connectivity index (χ4n) is 6.93. The Hall–Kier alpha value is -2.68. The molecule has 1 N–H and O–H groups in total. The van der Waals surface area contributed by atoms with Gasteiger partial charge in [0, 0.05) is 5.92 Å². The van der Waals surface area contributed by atoms with Crippen LogP contribution in [0.5, 0.6) is 5.75 Å². The van der Waals surface area contributed by atoms with Crippen molar-refractivity contribution in [3.8, 4) is 5.75 Å². The summed E-state index contributed by atoms with van der Waals surface area (Å²) in [4.78, 5) is 53.5. The Bertz CT molecular complexity index is 1440. The molecule has 2 aliphatic carbocycles. The summed E-state index contributed by atoms with van der Waals surface area (Å²) < 4.78 is 0. The van der Waals surface area contributed by atoms with Gasteiger partial charge in [0.05, 0.1) is 23.0 Å². The maximum absolute atomic E-state index is 14.0. The minimum Gasteiger partial charge on any atom is -0.508 e. The number of aryl methyl sites for hydroxylation is 1. The van der Waals surface area contributed by atoms with Crippen LogP contribution in [0.4, 0.5) is 5.69 Å². The van der Waals surface area contributed by atoms with Crippen molar-refractivity contribution in [2.24, 2.45) is 17.8 Å². The number of aromatic hydroxyl groups is 1. The Morgan fingerprint density at radius 3 is 2.23 bits per heavy atom. The Morgan fingerprint density at radius 2 is 1.62 bits per heavy atom. The van der Waals surface area contributed by atoms with Crippen molar-refractivity contribution in [2.45, 2.75) is 41.9 Å². The van der Waals surface area contributed by atoms with Crippen LogP contribution in [0.1, 0.15) is 36.8 Å². The molecule has 0 bridgehead atoms. The minimum atomic E-state index is -1.85. The molecular weight excluding hydrogens is 607 g/mol. The molecular formula is C29H25BrCl2N2O5. The first-order chi connectivity index (χ1) is 18.6. The van der Waals surface area contributed by atoms with Crippen LogP contribution in [-0.4, -0.2) is 48.8 Å². The molecule has 202 valence electrons. The minimum absolute atomic E-state index is 0.0294. The maximum atomic E-state index is 14.0. The van der Waals surface area contributed by atoms with Gasteiger partial charge in [-0.1, -0.05) is 58.8 Å². The topological polar surface area (TPSA) is 95.0 Å². The molecule has 4 amide bonds. The van der Waals surface area contributed by atoms with E-state index in [2.05, 4.69) is 15.9 Å². The Labute approximate surface area is 243 Å². The van der Waals surface area contributed by atoms with Crippen molar-refractivity contribution in [1.82, 2.24) is 4.90 Å². The van der Waals surface area contributed by atoms with E-state index in [1.54, 1.807) is 24.3 Å². The molecule has 0 aromatic heterocycles. The molecule has 6 rings (SSSR count). The number of carbonyl (C=O) groups excluding carboxylic acids is 4. The average Bonchev–Trinajstić information content (AvgIpc) is 3.27. The second-order valence-electron chi connectivity index (χ2n) is 10.6. The molecule has 6 atom stereocenters. The summed E-state index contributed by atoms with van der Waals surface area (Å²) in [6.45, 7) is 2.03. The number of fused-ring (bicyclic) bond motifs is 4. The lowest BCUT2D eigenvalue weighted by Crippen LogP contribution is -2.60. The van der Waals surface area contributed by atoms with Gasteiger partial charge < -0.3 is 5.11 Å². The quantitative estimate of drug-likeness (QED) is 0.225. The van der Waals surface area contributed by atoms with Gasteiger partial charge in [-0.2, -0.15) is 0 Å². The van der Waals surface area contributed by atoms with Crippen molar-refractivity contribution in [2.75, 3.05) is 10.4 Å². The molecule has 10 heteroatoms. The summed E-state index contributed by atoms with van der Waals surface area (Å²) in [6, 6.07) is 13.6. The first kappa shape index (κ1) is 26.5. The van der Waals surface area contributed by atoms with Crippen LogP contribution in [0.25, 0.3) is 0 Å². The molecule has 2 saturated heterocycles. The number of allylic oxidation sites excluding steroid dienone is 2. The van der Waals surface area contributed by atoms with E-state index in [0.29, 0.717) is 17.7 Å². The highest BCUT2D eigenvalue weighted by Crippen LogP contribution is 2.65. The number of carbonyl (C=O) groups is 4. The molecule has 2 aliphatic heterocycles. The number of phenolic OH excluding ortho intramolecular Hbond substituents is 1. The number of imide groups is 2. The number of rotatable bonds is 4. The molecule has 2 aromatic carbocycles. The zero-order chi connectivity index (χ0) is 27.9. The highest BCUT2D eigenvalue weighted by molar-refractivity contribution is 9.09. The van der Waals surface area contributed by atoms with Gasteiger partial charge in [0.1, 0.15) is 5.75 Å². The van der Waals surface area contributed by atoms with E-state index in [4.69, 9.17) is 23.2 Å². The van der Waals surface area contributed by atoms with E-state index in [1.165, 1.54) is 17.0 Å². The third-order valence-corrected chi connectivity index (χ3v) is 10.8. The fourth-order valence-corrected chi connectivity index (χ4v) is 8.35. The zero-order valence-corrected chi connectivity index (χ0v) is 24.0. The molecule has 2 aromatic rings. The SMILES string of the molecule is CCc1ccc(N2C(=O)C3CC=C4C(CC5(Cl)C(=O)N(CBr)C(=O)C5(Cl)C4c4ccc(O)cc4)C3C2=O)cc1. The lowest BCUT2D eigenvalue weighted by atomic mass is 9.56. The first-order valence-corrected chi connectivity index (χ1v) is 14.7. The van der Waals surface area contributed by atoms with Crippen molar-refractivity contribution in [3.63, 3.8) is 0 Å². The van der Waals surface area contributed by atoms with Gasteiger partial charge in [-0.05, 0) is 60.6 Å². The average molecular weight is 632 g/mol.